The van der Waals surface area contributed by atoms with Crippen LogP contribution < -0.4 is 0 Å². The minimum atomic E-state index is 0.900. The van der Waals surface area contributed by atoms with Crippen molar-refractivity contribution < 1.29 is 0 Å². The lowest BCUT2D eigenvalue weighted by atomic mass is 10.0. The Morgan fingerprint density at radius 1 is 0.611 bits per heavy atom. The maximum Gasteiger partial charge on any atom is 0.0964 e. The Hall–Kier alpha value is -2.48. The van der Waals surface area contributed by atoms with Crippen molar-refractivity contribution in [2.45, 2.75) is 0 Å². The van der Waals surface area contributed by atoms with E-state index in [4.69, 9.17) is 0 Å². The van der Waals surface area contributed by atoms with E-state index in [1.54, 1.807) is 12.4 Å². The molecule has 86 valence electrons. The van der Waals surface area contributed by atoms with E-state index in [0.29, 0.717) is 0 Å². The number of benzene rings is 1. The Labute approximate surface area is 106 Å². The molecule has 2 heteroatoms. The molecule has 2 nitrogen and oxygen atoms in total. The molecule has 0 fully saturated rings. The summed E-state index contributed by atoms with van der Waals surface area (Å²) in [7, 11) is 0. The lowest BCUT2D eigenvalue weighted by molar-refractivity contribution is 1.25. The number of aromatic nitrogens is 2. The average molecular weight is 232 g/mol. The summed E-state index contributed by atoms with van der Waals surface area (Å²) in [4.78, 5) is 8.84. The second-order valence-electron chi connectivity index (χ2n) is 3.98. The molecule has 0 atom stereocenters. The Morgan fingerprint density at radius 3 is 2.17 bits per heavy atom. The van der Waals surface area contributed by atoms with Crippen LogP contribution in [0.3, 0.4) is 0 Å². The Balaban J connectivity index is 2.18. The number of rotatable bonds is 2. The molecule has 0 aliphatic rings. The standard InChI is InChI=1S/C16H12N2/c1-2-7-13(8-3-1)14-9-6-12-18-16(14)15-10-4-5-11-17-15/h1-12H. The lowest BCUT2D eigenvalue weighted by Gasteiger charge is -2.07. The van der Waals surface area contributed by atoms with Crippen LogP contribution in [0.1, 0.15) is 0 Å². The number of hydrogen-bond acceptors (Lipinski definition) is 2. The van der Waals surface area contributed by atoms with Gasteiger partial charge in [0.25, 0.3) is 0 Å². The van der Waals surface area contributed by atoms with E-state index in [2.05, 4.69) is 28.2 Å². The van der Waals surface area contributed by atoms with Gasteiger partial charge in [-0.25, -0.2) is 0 Å². The van der Waals surface area contributed by atoms with Crippen LogP contribution in [0.5, 0.6) is 0 Å². The van der Waals surface area contributed by atoms with Crippen molar-refractivity contribution in [1.29, 1.82) is 0 Å². The van der Waals surface area contributed by atoms with Gasteiger partial charge in [-0.3, -0.25) is 9.97 Å². The van der Waals surface area contributed by atoms with Crippen LogP contribution in [0.2, 0.25) is 0 Å². The molecule has 0 saturated heterocycles. The molecule has 0 saturated carbocycles. The van der Waals surface area contributed by atoms with Gasteiger partial charge in [-0.2, -0.15) is 0 Å². The number of nitrogens with zero attached hydrogens (tertiary/aromatic N) is 2. The monoisotopic (exact) mass is 232 g/mol. The summed E-state index contributed by atoms with van der Waals surface area (Å²) in [5.41, 5.74) is 4.09. The zero-order valence-electron chi connectivity index (χ0n) is 9.82. The van der Waals surface area contributed by atoms with Crippen LogP contribution in [0.4, 0.5) is 0 Å². The summed E-state index contributed by atoms with van der Waals surface area (Å²) < 4.78 is 0. The van der Waals surface area contributed by atoms with E-state index in [-0.39, 0.29) is 0 Å². The van der Waals surface area contributed by atoms with Crippen molar-refractivity contribution in [2.24, 2.45) is 0 Å². The van der Waals surface area contributed by atoms with Crippen molar-refractivity contribution in [3.05, 3.63) is 73.1 Å². The molecule has 0 unspecified atom stereocenters. The van der Waals surface area contributed by atoms with E-state index < -0.39 is 0 Å². The van der Waals surface area contributed by atoms with E-state index in [0.717, 1.165) is 22.5 Å². The van der Waals surface area contributed by atoms with E-state index in [1.165, 1.54) is 0 Å². The van der Waals surface area contributed by atoms with Gasteiger partial charge in [0.05, 0.1) is 11.4 Å². The minimum absolute atomic E-state index is 0.900. The van der Waals surface area contributed by atoms with Gasteiger partial charge in [0.15, 0.2) is 0 Å². The van der Waals surface area contributed by atoms with E-state index in [9.17, 15) is 0 Å². The quantitative estimate of drug-likeness (QED) is 0.671. The molecular weight excluding hydrogens is 220 g/mol. The molecule has 0 spiro atoms. The average Bonchev–Trinajstić information content (AvgIpc) is 2.49. The van der Waals surface area contributed by atoms with Gasteiger partial charge < -0.3 is 0 Å². The van der Waals surface area contributed by atoms with Gasteiger partial charge in [-0.05, 0) is 23.8 Å². The zero-order chi connectivity index (χ0) is 12.2. The largest absolute Gasteiger partial charge is 0.255 e. The van der Waals surface area contributed by atoms with E-state index >= 15 is 0 Å². The third kappa shape index (κ3) is 2.00. The maximum absolute atomic E-state index is 4.46. The normalized spacial score (nSPS) is 10.2. The highest BCUT2D eigenvalue weighted by atomic mass is 14.8. The summed E-state index contributed by atoms with van der Waals surface area (Å²) in [5.74, 6) is 0. The van der Waals surface area contributed by atoms with Crippen molar-refractivity contribution in [2.75, 3.05) is 0 Å². The van der Waals surface area contributed by atoms with Crippen LogP contribution in [0.25, 0.3) is 22.5 Å². The van der Waals surface area contributed by atoms with Crippen molar-refractivity contribution >= 4 is 0 Å². The second kappa shape index (κ2) is 4.80. The SMILES string of the molecule is c1ccc(-c2cccnc2-c2ccccn2)cc1. The third-order valence-electron chi connectivity index (χ3n) is 2.80. The first-order valence-corrected chi connectivity index (χ1v) is 5.87. The third-order valence-corrected chi connectivity index (χ3v) is 2.80. The van der Waals surface area contributed by atoms with Crippen LogP contribution >= 0.6 is 0 Å². The summed E-state index contributed by atoms with van der Waals surface area (Å²) in [6, 6.07) is 20.2. The van der Waals surface area contributed by atoms with E-state index in [1.807, 2.05) is 42.5 Å². The lowest BCUT2D eigenvalue weighted by Crippen LogP contribution is -1.90. The highest BCUT2D eigenvalue weighted by Crippen LogP contribution is 2.28. The van der Waals surface area contributed by atoms with Crippen molar-refractivity contribution in [1.82, 2.24) is 9.97 Å². The first-order valence-electron chi connectivity index (χ1n) is 5.87. The van der Waals surface area contributed by atoms with Gasteiger partial charge >= 0.3 is 0 Å². The Kier molecular flexibility index (Phi) is 2.84. The molecule has 0 N–H and O–H groups in total. The van der Waals surface area contributed by atoms with Crippen molar-refractivity contribution in [3.8, 4) is 22.5 Å². The minimum Gasteiger partial charge on any atom is -0.255 e. The second-order valence-corrected chi connectivity index (χ2v) is 3.98. The molecule has 18 heavy (non-hydrogen) atoms. The maximum atomic E-state index is 4.46. The fourth-order valence-corrected chi connectivity index (χ4v) is 1.96. The molecule has 0 aliphatic heterocycles. The van der Waals surface area contributed by atoms with Crippen LogP contribution in [0, 0.1) is 0 Å². The summed E-state index contributed by atoms with van der Waals surface area (Å²) in [6.45, 7) is 0. The molecule has 0 bridgehead atoms. The Bertz CT molecular complexity index is 575. The number of hydrogen-bond donors (Lipinski definition) is 0. The van der Waals surface area contributed by atoms with Gasteiger partial charge in [0.2, 0.25) is 0 Å². The molecule has 0 radical (unpaired) electrons. The smallest absolute Gasteiger partial charge is 0.0964 e. The van der Waals surface area contributed by atoms with Gasteiger partial charge in [-0.1, -0.05) is 42.5 Å². The van der Waals surface area contributed by atoms with Gasteiger partial charge in [-0.15, -0.1) is 0 Å². The highest BCUT2D eigenvalue weighted by Gasteiger charge is 2.08. The zero-order valence-corrected chi connectivity index (χ0v) is 9.82. The molecule has 0 aliphatic carbocycles. The summed E-state index contributed by atoms with van der Waals surface area (Å²) in [5, 5.41) is 0. The van der Waals surface area contributed by atoms with Gasteiger partial charge in [0, 0.05) is 18.0 Å². The highest BCUT2D eigenvalue weighted by molar-refractivity contribution is 5.78. The van der Waals surface area contributed by atoms with Crippen LogP contribution in [-0.4, -0.2) is 9.97 Å². The fraction of sp³-hybridized carbons (Fsp3) is 0. The number of pyridine rings is 2. The molecule has 3 aromatic rings. The summed E-state index contributed by atoms with van der Waals surface area (Å²) >= 11 is 0. The summed E-state index contributed by atoms with van der Waals surface area (Å²) in [6.07, 6.45) is 3.59. The predicted molar refractivity (Wildman–Crippen MR) is 72.9 cm³/mol. The Morgan fingerprint density at radius 2 is 1.39 bits per heavy atom. The van der Waals surface area contributed by atoms with Crippen molar-refractivity contribution in [3.63, 3.8) is 0 Å². The molecule has 0 amide bonds. The van der Waals surface area contributed by atoms with Crippen LogP contribution in [0.15, 0.2) is 73.1 Å². The molecule has 2 aromatic heterocycles. The van der Waals surface area contributed by atoms with Gasteiger partial charge in [0.1, 0.15) is 0 Å². The molecule has 2 heterocycles. The molecule has 3 rings (SSSR count). The fourth-order valence-electron chi connectivity index (χ4n) is 1.96. The topological polar surface area (TPSA) is 25.8 Å². The van der Waals surface area contributed by atoms with Crippen LogP contribution in [-0.2, 0) is 0 Å². The molecule has 1 aromatic carbocycles. The first kappa shape index (κ1) is 10.7. The first-order chi connectivity index (χ1) is 8.95. The predicted octanol–water partition coefficient (Wildman–Crippen LogP) is 3.81. The molecular formula is C16H12N2.